The molecule has 1 heterocycles. The van der Waals surface area contributed by atoms with Crippen LogP contribution in [0.4, 0.5) is 9.18 Å². The van der Waals surface area contributed by atoms with Crippen molar-refractivity contribution in [3.63, 3.8) is 0 Å². The monoisotopic (exact) mass is 455 g/mol. The third-order valence-electron chi connectivity index (χ3n) is 5.61. The fraction of sp³-hybridized carbons (Fsp3) is 0.619. The number of unbranched alkanes of at least 4 members (excludes halogenated alkanes) is 2. The number of sulfonamides is 1. The number of carbonyl (C=O) groups is 2. The molecule has 0 bridgehead atoms. The second-order valence-electron chi connectivity index (χ2n) is 8.53. The SMILES string of the molecule is C[C@@]1(CCCCCS(=O)(=O)NCCc2ccc(F)c(OCC3CC3)c2)NC(=O)NC1=O. The number of imide groups is 1. The highest BCUT2D eigenvalue weighted by Gasteiger charge is 2.41. The van der Waals surface area contributed by atoms with Crippen molar-refractivity contribution in [2.75, 3.05) is 18.9 Å². The van der Waals surface area contributed by atoms with Gasteiger partial charge in [-0.2, -0.15) is 0 Å². The van der Waals surface area contributed by atoms with Gasteiger partial charge < -0.3 is 10.1 Å². The topological polar surface area (TPSA) is 114 Å². The van der Waals surface area contributed by atoms with Gasteiger partial charge in [0.1, 0.15) is 5.54 Å². The van der Waals surface area contributed by atoms with E-state index in [4.69, 9.17) is 4.74 Å². The summed E-state index contributed by atoms with van der Waals surface area (Å²) in [6.45, 7) is 2.40. The zero-order chi connectivity index (χ0) is 22.5. The number of ether oxygens (including phenoxy) is 1. The standard InChI is InChI=1S/C21H30FN3O5S/c1-21(19(26)24-20(27)25-21)10-3-2-4-12-31(28,29)23-11-9-15-7-8-17(22)18(13-15)30-14-16-5-6-16/h7-8,13,16,23H,2-6,9-12,14H2,1H3,(H2,24,25,26,27)/t21-/m0/s1. The van der Waals surface area contributed by atoms with E-state index >= 15 is 0 Å². The molecule has 1 aliphatic carbocycles. The molecule has 0 unspecified atom stereocenters. The molecule has 3 rings (SSSR count). The summed E-state index contributed by atoms with van der Waals surface area (Å²) in [6, 6.07) is 4.11. The predicted octanol–water partition coefficient (Wildman–Crippen LogP) is 2.23. The van der Waals surface area contributed by atoms with E-state index in [1.54, 1.807) is 19.1 Å². The third kappa shape index (κ3) is 7.17. The average Bonchev–Trinajstić information content (AvgIpc) is 3.47. The number of carbonyl (C=O) groups excluding carboxylic acids is 2. The van der Waals surface area contributed by atoms with Crippen molar-refractivity contribution in [2.45, 2.75) is 57.4 Å². The summed E-state index contributed by atoms with van der Waals surface area (Å²) >= 11 is 0. The highest BCUT2D eigenvalue weighted by Crippen LogP contribution is 2.30. The van der Waals surface area contributed by atoms with E-state index in [2.05, 4.69) is 15.4 Å². The molecule has 1 aromatic rings. The summed E-state index contributed by atoms with van der Waals surface area (Å²) < 4.78 is 46.3. The lowest BCUT2D eigenvalue weighted by atomic mass is 9.95. The molecule has 0 aromatic heterocycles. The van der Waals surface area contributed by atoms with E-state index < -0.39 is 27.4 Å². The predicted molar refractivity (Wildman–Crippen MR) is 114 cm³/mol. The zero-order valence-electron chi connectivity index (χ0n) is 17.7. The van der Waals surface area contributed by atoms with E-state index in [1.165, 1.54) is 6.07 Å². The highest BCUT2D eigenvalue weighted by atomic mass is 32.2. The number of halogens is 1. The first kappa shape index (κ1) is 23.5. The zero-order valence-corrected chi connectivity index (χ0v) is 18.5. The van der Waals surface area contributed by atoms with Crippen LogP contribution >= 0.6 is 0 Å². The van der Waals surface area contributed by atoms with Crippen LogP contribution in [0.1, 0.15) is 51.0 Å². The van der Waals surface area contributed by atoms with Crippen LogP contribution in [0, 0.1) is 11.7 Å². The molecule has 1 atom stereocenters. The molecular weight excluding hydrogens is 425 g/mol. The Bertz CT molecular complexity index is 920. The van der Waals surface area contributed by atoms with E-state index in [0.29, 0.717) is 44.6 Å². The Labute approximate surface area is 182 Å². The summed E-state index contributed by atoms with van der Waals surface area (Å²) in [4.78, 5) is 23.0. The largest absolute Gasteiger partial charge is 0.490 e. The molecule has 10 heteroatoms. The molecule has 172 valence electrons. The molecule has 31 heavy (non-hydrogen) atoms. The molecule has 1 saturated carbocycles. The fourth-order valence-electron chi connectivity index (χ4n) is 3.43. The number of hydrogen-bond donors (Lipinski definition) is 3. The van der Waals surface area contributed by atoms with Crippen LogP contribution in [0.5, 0.6) is 5.75 Å². The lowest BCUT2D eigenvalue weighted by molar-refractivity contribution is -0.123. The molecule has 3 N–H and O–H groups in total. The normalized spacial score (nSPS) is 21.1. The Morgan fingerprint density at radius 1 is 1.23 bits per heavy atom. The minimum absolute atomic E-state index is 0.0125. The summed E-state index contributed by atoms with van der Waals surface area (Å²) in [5.74, 6) is -0.0383. The summed E-state index contributed by atoms with van der Waals surface area (Å²) in [5.41, 5.74) is -0.120. The number of rotatable bonds is 13. The van der Waals surface area contributed by atoms with Crippen molar-refractivity contribution in [1.82, 2.24) is 15.4 Å². The third-order valence-corrected chi connectivity index (χ3v) is 7.08. The molecule has 2 fully saturated rings. The van der Waals surface area contributed by atoms with Crippen molar-refractivity contribution in [1.29, 1.82) is 0 Å². The van der Waals surface area contributed by atoms with Gasteiger partial charge in [-0.25, -0.2) is 22.3 Å². The van der Waals surface area contributed by atoms with Gasteiger partial charge in [-0.3, -0.25) is 10.1 Å². The molecule has 1 aromatic carbocycles. The molecule has 3 amide bonds. The molecule has 2 aliphatic rings. The quantitative estimate of drug-likeness (QED) is 0.312. The maximum Gasteiger partial charge on any atom is 0.322 e. The Hall–Kier alpha value is -2.20. The van der Waals surface area contributed by atoms with Gasteiger partial charge in [-0.15, -0.1) is 0 Å². The van der Waals surface area contributed by atoms with Crippen LogP contribution in [-0.2, 0) is 21.2 Å². The maximum atomic E-state index is 13.8. The van der Waals surface area contributed by atoms with Crippen molar-refractivity contribution in [3.05, 3.63) is 29.6 Å². The van der Waals surface area contributed by atoms with E-state index in [1.807, 2.05) is 0 Å². The van der Waals surface area contributed by atoms with Crippen LogP contribution in [0.3, 0.4) is 0 Å². The summed E-state index contributed by atoms with van der Waals surface area (Å²) in [5, 5.41) is 4.80. The Morgan fingerprint density at radius 3 is 2.68 bits per heavy atom. The van der Waals surface area contributed by atoms with Gasteiger partial charge in [-0.05, 0) is 62.6 Å². The van der Waals surface area contributed by atoms with Crippen molar-refractivity contribution < 1.29 is 27.1 Å². The number of hydrogen-bond acceptors (Lipinski definition) is 5. The number of nitrogens with one attached hydrogen (secondary N) is 3. The molecular formula is C21H30FN3O5S. The van der Waals surface area contributed by atoms with E-state index in [-0.39, 0.29) is 24.0 Å². The average molecular weight is 456 g/mol. The first-order chi connectivity index (χ1) is 14.7. The lowest BCUT2D eigenvalue weighted by Crippen LogP contribution is -2.43. The summed E-state index contributed by atoms with van der Waals surface area (Å²) in [6.07, 6.45) is 4.83. The minimum Gasteiger partial charge on any atom is -0.490 e. The van der Waals surface area contributed by atoms with Gasteiger partial charge >= 0.3 is 6.03 Å². The van der Waals surface area contributed by atoms with Gasteiger partial charge in [-0.1, -0.05) is 18.9 Å². The molecule has 1 saturated heterocycles. The highest BCUT2D eigenvalue weighted by molar-refractivity contribution is 7.89. The second kappa shape index (κ2) is 9.95. The number of benzene rings is 1. The maximum absolute atomic E-state index is 13.8. The molecule has 0 radical (unpaired) electrons. The van der Waals surface area contributed by atoms with Gasteiger partial charge in [0.2, 0.25) is 10.0 Å². The van der Waals surface area contributed by atoms with Gasteiger partial charge in [0.05, 0.1) is 12.4 Å². The first-order valence-electron chi connectivity index (χ1n) is 10.7. The first-order valence-corrected chi connectivity index (χ1v) is 12.3. The molecule has 1 aliphatic heterocycles. The van der Waals surface area contributed by atoms with Crippen LogP contribution in [0.15, 0.2) is 18.2 Å². The van der Waals surface area contributed by atoms with Crippen LogP contribution in [-0.4, -0.2) is 44.8 Å². The van der Waals surface area contributed by atoms with Crippen molar-refractivity contribution >= 4 is 22.0 Å². The van der Waals surface area contributed by atoms with E-state index in [9.17, 15) is 22.4 Å². The molecule has 0 spiro atoms. The lowest BCUT2D eigenvalue weighted by Gasteiger charge is -2.20. The van der Waals surface area contributed by atoms with Crippen molar-refractivity contribution in [2.24, 2.45) is 5.92 Å². The van der Waals surface area contributed by atoms with E-state index in [0.717, 1.165) is 18.4 Å². The minimum atomic E-state index is -3.42. The Kier molecular flexibility index (Phi) is 7.53. The number of urea groups is 1. The smallest absolute Gasteiger partial charge is 0.322 e. The summed E-state index contributed by atoms with van der Waals surface area (Å²) in [7, 11) is -3.42. The van der Waals surface area contributed by atoms with Gasteiger partial charge in [0.15, 0.2) is 11.6 Å². The van der Waals surface area contributed by atoms with Crippen LogP contribution < -0.4 is 20.1 Å². The number of amides is 3. The molecule has 8 nitrogen and oxygen atoms in total. The Balaban J connectivity index is 1.34. The van der Waals surface area contributed by atoms with Gasteiger partial charge in [0, 0.05) is 6.54 Å². The van der Waals surface area contributed by atoms with Gasteiger partial charge in [0.25, 0.3) is 5.91 Å². The fourth-order valence-corrected chi connectivity index (χ4v) is 4.57. The van der Waals surface area contributed by atoms with Crippen LogP contribution in [0.25, 0.3) is 0 Å². The second-order valence-corrected chi connectivity index (χ2v) is 10.5. The van der Waals surface area contributed by atoms with Crippen molar-refractivity contribution in [3.8, 4) is 5.75 Å². The van der Waals surface area contributed by atoms with Crippen LogP contribution in [0.2, 0.25) is 0 Å². The Morgan fingerprint density at radius 2 is 2.00 bits per heavy atom.